The molecule has 0 aliphatic carbocycles. The molecular weight excluding hydrogens is 190 g/mol. The Morgan fingerprint density at radius 1 is 1.33 bits per heavy atom. The smallest absolute Gasteiger partial charge is 0.0829 e. The van der Waals surface area contributed by atoms with E-state index in [0.29, 0.717) is 12.1 Å². The molecule has 2 atom stereocenters. The Morgan fingerprint density at radius 3 is 2.93 bits per heavy atom. The van der Waals surface area contributed by atoms with Gasteiger partial charge in [0.25, 0.3) is 0 Å². The number of likely N-dealkylation sites (N-methyl/N-ethyl adjacent to an activating group) is 1. The molecule has 0 aromatic rings. The lowest BCUT2D eigenvalue weighted by Crippen LogP contribution is -2.50. The van der Waals surface area contributed by atoms with Crippen molar-refractivity contribution >= 4 is 0 Å². The minimum atomic E-state index is 0.375. The average Bonchev–Trinajstić information content (AvgIpc) is 2.17. The van der Waals surface area contributed by atoms with E-state index in [9.17, 15) is 0 Å². The molecular formula is C11H23N3O. The number of morpholine rings is 1. The first-order valence-electron chi connectivity index (χ1n) is 6.02. The normalized spacial score (nSPS) is 35.6. The zero-order valence-corrected chi connectivity index (χ0v) is 9.69. The average molecular weight is 213 g/mol. The standard InChI is InChI=1S/C11H23N3O/c1-13-5-6-15-11(8-13)9-14-4-2-3-10(12)7-14/h10-11H,2-9,12H2,1H3/t10-,11?/m1/s1. The van der Waals surface area contributed by atoms with Crippen molar-refractivity contribution in [2.75, 3.05) is 46.4 Å². The molecule has 0 bridgehead atoms. The van der Waals surface area contributed by atoms with E-state index in [1.807, 2.05) is 0 Å². The number of nitrogens with two attached hydrogens (primary N) is 1. The summed E-state index contributed by atoms with van der Waals surface area (Å²) in [5.74, 6) is 0. The molecule has 0 amide bonds. The lowest BCUT2D eigenvalue weighted by Gasteiger charge is -2.36. The molecule has 2 fully saturated rings. The van der Waals surface area contributed by atoms with E-state index in [4.69, 9.17) is 10.5 Å². The SMILES string of the molecule is CN1CCOC(CN2CCC[C@@H](N)C2)C1. The first-order valence-corrected chi connectivity index (χ1v) is 6.02. The van der Waals surface area contributed by atoms with Crippen LogP contribution in [0.1, 0.15) is 12.8 Å². The highest BCUT2D eigenvalue weighted by atomic mass is 16.5. The van der Waals surface area contributed by atoms with Crippen molar-refractivity contribution < 1.29 is 4.74 Å². The molecule has 2 aliphatic rings. The van der Waals surface area contributed by atoms with Crippen LogP contribution in [0.3, 0.4) is 0 Å². The Morgan fingerprint density at radius 2 is 2.20 bits per heavy atom. The van der Waals surface area contributed by atoms with Crippen molar-refractivity contribution in [3.63, 3.8) is 0 Å². The Balaban J connectivity index is 1.75. The lowest BCUT2D eigenvalue weighted by molar-refractivity contribution is -0.0384. The quantitative estimate of drug-likeness (QED) is 0.686. The lowest BCUT2D eigenvalue weighted by atomic mass is 10.1. The molecule has 2 saturated heterocycles. The second kappa shape index (κ2) is 5.25. The zero-order valence-electron chi connectivity index (χ0n) is 9.69. The van der Waals surface area contributed by atoms with Crippen LogP contribution in [0.5, 0.6) is 0 Å². The van der Waals surface area contributed by atoms with Crippen molar-refractivity contribution in [1.29, 1.82) is 0 Å². The molecule has 0 aromatic heterocycles. The van der Waals surface area contributed by atoms with Gasteiger partial charge in [0, 0.05) is 32.2 Å². The van der Waals surface area contributed by atoms with Crippen LogP contribution in [0.25, 0.3) is 0 Å². The highest BCUT2D eigenvalue weighted by molar-refractivity contribution is 4.79. The van der Waals surface area contributed by atoms with Gasteiger partial charge in [0.1, 0.15) is 0 Å². The molecule has 0 saturated carbocycles. The molecule has 0 spiro atoms. The minimum absolute atomic E-state index is 0.375. The van der Waals surface area contributed by atoms with Gasteiger partial charge < -0.3 is 15.4 Å². The van der Waals surface area contributed by atoms with E-state index in [0.717, 1.165) is 32.8 Å². The molecule has 0 radical (unpaired) electrons. The number of rotatable bonds is 2. The number of ether oxygens (including phenoxy) is 1. The predicted molar refractivity (Wildman–Crippen MR) is 60.9 cm³/mol. The maximum Gasteiger partial charge on any atom is 0.0829 e. The molecule has 1 unspecified atom stereocenters. The summed E-state index contributed by atoms with van der Waals surface area (Å²) in [4.78, 5) is 4.80. The van der Waals surface area contributed by atoms with Gasteiger partial charge in [0.2, 0.25) is 0 Å². The molecule has 2 aliphatic heterocycles. The summed E-state index contributed by atoms with van der Waals surface area (Å²) in [7, 11) is 2.16. The van der Waals surface area contributed by atoms with Crippen LogP contribution in [0, 0.1) is 0 Å². The zero-order chi connectivity index (χ0) is 10.7. The first kappa shape index (κ1) is 11.3. The van der Waals surface area contributed by atoms with Crippen LogP contribution in [0.15, 0.2) is 0 Å². The van der Waals surface area contributed by atoms with Gasteiger partial charge >= 0.3 is 0 Å². The van der Waals surface area contributed by atoms with Gasteiger partial charge in [-0.15, -0.1) is 0 Å². The Kier molecular flexibility index (Phi) is 3.97. The number of nitrogens with zero attached hydrogens (tertiary/aromatic N) is 2. The summed E-state index contributed by atoms with van der Waals surface area (Å²) in [6.07, 6.45) is 2.81. The summed E-state index contributed by atoms with van der Waals surface area (Å²) in [5.41, 5.74) is 5.96. The third-order valence-electron chi connectivity index (χ3n) is 3.35. The molecule has 2 N–H and O–H groups in total. The van der Waals surface area contributed by atoms with Gasteiger partial charge in [-0.2, -0.15) is 0 Å². The highest BCUT2D eigenvalue weighted by Gasteiger charge is 2.23. The van der Waals surface area contributed by atoms with E-state index < -0.39 is 0 Å². The van der Waals surface area contributed by atoms with E-state index >= 15 is 0 Å². The predicted octanol–water partition coefficient (Wildman–Crippen LogP) is -0.260. The fourth-order valence-corrected chi connectivity index (χ4v) is 2.52. The topological polar surface area (TPSA) is 41.7 Å². The number of hydrogen-bond donors (Lipinski definition) is 1. The third kappa shape index (κ3) is 3.41. The molecule has 2 heterocycles. The van der Waals surface area contributed by atoms with Crippen molar-refractivity contribution in [3.8, 4) is 0 Å². The van der Waals surface area contributed by atoms with Crippen LogP contribution in [0.4, 0.5) is 0 Å². The number of hydrogen-bond acceptors (Lipinski definition) is 4. The van der Waals surface area contributed by atoms with Crippen molar-refractivity contribution in [1.82, 2.24) is 9.80 Å². The maximum absolute atomic E-state index is 5.96. The summed E-state index contributed by atoms with van der Waals surface area (Å²) in [5, 5.41) is 0. The summed E-state index contributed by atoms with van der Waals surface area (Å²) in [6, 6.07) is 0.375. The van der Waals surface area contributed by atoms with Crippen molar-refractivity contribution in [2.24, 2.45) is 5.73 Å². The van der Waals surface area contributed by atoms with E-state index in [1.54, 1.807) is 0 Å². The second-order valence-corrected chi connectivity index (χ2v) is 4.92. The Bertz CT molecular complexity index is 180. The highest BCUT2D eigenvalue weighted by Crippen LogP contribution is 2.11. The van der Waals surface area contributed by atoms with Gasteiger partial charge in [-0.1, -0.05) is 0 Å². The molecule has 15 heavy (non-hydrogen) atoms. The molecule has 0 aromatic carbocycles. The fraction of sp³-hybridized carbons (Fsp3) is 1.00. The Hall–Kier alpha value is -0.160. The summed E-state index contributed by atoms with van der Waals surface area (Å²) >= 11 is 0. The summed E-state index contributed by atoms with van der Waals surface area (Å²) in [6.45, 7) is 6.29. The van der Waals surface area contributed by atoms with Gasteiger partial charge in [-0.05, 0) is 26.4 Å². The van der Waals surface area contributed by atoms with Crippen LogP contribution < -0.4 is 5.73 Å². The van der Waals surface area contributed by atoms with E-state index in [1.165, 1.54) is 19.4 Å². The van der Waals surface area contributed by atoms with Gasteiger partial charge in [-0.25, -0.2) is 0 Å². The van der Waals surface area contributed by atoms with Crippen molar-refractivity contribution in [3.05, 3.63) is 0 Å². The fourth-order valence-electron chi connectivity index (χ4n) is 2.52. The second-order valence-electron chi connectivity index (χ2n) is 4.92. The van der Waals surface area contributed by atoms with E-state index in [-0.39, 0.29) is 0 Å². The third-order valence-corrected chi connectivity index (χ3v) is 3.35. The Labute approximate surface area is 92.4 Å². The number of piperidine rings is 1. The van der Waals surface area contributed by atoms with Crippen LogP contribution in [0.2, 0.25) is 0 Å². The van der Waals surface area contributed by atoms with Gasteiger partial charge in [0.05, 0.1) is 12.7 Å². The van der Waals surface area contributed by atoms with Crippen LogP contribution in [-0.2, 0) is 4.74 Å². The maximum atomic E-state index is 5.96. The monoisotopic (exact) mass is 213 g/mol. The molecule has 2 rings (SSSR count). The molecule has 88 valence electrons. The number of likely N-dealkylation sites (tertiary alicyclic amines) is 1. The van der Waals surface area contributed by atoms with Crippen LogP contribution in [-0.4, -0.2) is 68.3 Å². The molecule has 4 heteroatoms. The van der Waals surface area contributed by atoms with Gasteiger partial charge in [0.15, 0.2) is 0 Å². The first-order chi connectivity index (χ1) is 7.24. The minimum Gasteiger partial charge on any atom is -0.374 e. The largest absolute Gasteiger partial charge is 0.374 e. The van der Waals surface area contributed by atoms with Crippen molar-refractivity contribution in [2.45, 2.75) is 25.0 Å². The van der Waals surface area contributed by atoms with Gasteiger partial charge in [-0.3, -0.25) is 4.90 Å². The van der Waals surface area contributed by atoms with Crippen LogP contribution >= 0.6 is 0 Å². The molecule has 4 nitrogen and oxygen atoms in total. The summed E-state index contributed by atoms with van der Waals surface area (Å²) < 4.78 is 5.76. The van der Waals surface area contributed by atoms with E-state index in [2.05, 4.69) is 16.8 Å².